The number of hydrogen-bond acceptors (Lipinski definition) is 3. The van der Waals surface area contributed by atoms with Crippen LogP contribution in [0.2, 0.25) is 0 Å². The molecule has 2 unspecified atom stereocenters. The summed E-state index contributed by atoms with van der Waals surface area (Å²) in [5.74, 6) is 1.02. The van der Waals surface area contributed by atoms with E-state index in [0.717, 1.165) is 19.4 Å². The van der Waals surface area contributed by atoms with Gasteiger partial charge in [0.25, 0.3) is 0 Å². The molecule has 0 bridgehead atoms. The third-order valence-electron chi connectivity index (χ3n) is 2.71. The normalized spacial score (nSPS) is 28.1. The van der Waals surface area contributed by atoms with Gasteiger partial charge in [-0.15, -0.1) is 0 Å². The van der Waals surface area contributed by atoms with Crippen molar-refractivity contribution in [3.05, 3.63) is 0 Å². The highest BCUT2D eigenvalue weighted by Gasteiger charge is 2.25. The molecule has 1 saturated heterocycles. The van der Waals surface area contributed by atoms with Crippen LogP contribution in [-0.4, -0.2) is 45.0 Å². The molecule has 3 nitrogen and oxygen atoms in total. The molecule has 92 valence electrons. The van der Waals surface area contributed by atoms with Crippen LogP contribution in [0.25, 0.3) is 0 Å². The fraction of sp³-hybridized carbons (Fsp3) is 1.00. The zero-order chi connectivity index (χ0) is 12.1. The van der Waals surface area contributed by atoms with Crippen molar-refractivity contribution < 1.29 is 8.42 Å². The molecule has 0 aromatic carbocycles. The summed E-state index contributed by atoms with van der Waals surface area (Å²) in [5, 5.41) is 0. The van der Waals surface area contributed by atoms with Crippen molar-refractivity contribution in [2.24, 2.45) is 5.92 Å². The van der Waals surface area contributed by atoms with Crippen LogP contribution in [0.3, 0.4) is 0 Å². The molecule has 1 rings (SSSR count). The average Bonchev–Trinajstić information content (AvgIpc) is 2.12. The minimum absolute atomic E-state index is 0.242. The van der Waals surface area contributed by atoms with Crippen LogP contribution in [0.4, 0.5) is 0 Å². The van der Waals surface area contributed by atoms with Crippen molar-refractivity contribution in [3.63, 3.8) is 0 Å². The topological polar surface area (TPSA) is 37.4 Å². The molecule has 2 atom stereocenters. The highest BCUT2D eigenvalue weighted by molar-refractivity contribution is 7.90. The Labute approximate surface area is 94.8 Å². The van der Waals surface area contributed by atoms with Crippen LogP contribution in [0.15, 0.2) is 0 Å². The molecule has 0 N–H and O–H groups in total. The molecular formula is C11H25NO2S. The van der Waals surface area contributed by atoms with E-state index in [9.17, 15) is 8.42 Å². The molecule has 15 heavy (non-hydrogen) atoms. The summed E-state index contributed by atoms with van der Waals surface area (Å²) in [6.07, 6.45) is 3.49. The lowest BCUT2D eigenvalue weighted by molar-refractivity contribution is 0.160. The van der Waals surface area contributed by atoms with Gasteiger partial charge in [-0.3, -0.25) is 0 Å². The Hall–Kier alpha value is -0.0900. The molecule has 1 aliphatic rings. The van der Waals surface area contributed by atoms with Gasteiger partial charge in [0, 0.05) is 18.8 Å². The van der Waals surface area contributed by atoms with E-state index in [1.807, 2.05) is 20.9 Å². The first-order valence-electron chi connectivity index (χ1n) is 5.76. The summed E-state index contributed by atoms with van der Waals surface area (Å²) in [6.45, 7) is 7.24. The second kappa shape index (κ2) is 6.48. The zero-order valence-corrected chi connectivity index (χ0v) is 11.5. The number of nitrogens with zero attached hydrogens (tertiary/aromatic N) is 1. The van der Waals surface area contributed by atoms with Gasteiger partial charge < -0.3 is 4.90 Å². The third kappa shape index (κ3) is 6.15. The van der Waals surface area contributed by atoms with E-state index in [0.29, 0.717) is 11.7 Å². The first-order valence-corrected chi connectivity index (χ1v) is 7.82. The Balaban J connectivity index is 0.000000921. The Morgan fingerprint density at radius 3 is 2.20 bits per heavy atom. The van der Waals surface area contributed by atoms with Gasteiger partial charge in [0.1, 0.15) is 9.84 Å². The summed E-state index contributed by atoms with van der Waals surface area (Å²) >= 11 is 0. The Morgan fingerprint density at radius 2 is 1.80 bits per heavy atom. The van der Waals surface area contributed by atoms with Gasteiger partial charge in [-0.1, -0.05) is 20.8 Å². The predicted octanol–water partition coefficient (Wildman–Crippen LogP) is 1.79. The summed E-state index contributed by atoms with van der Waals surface area (Å²) in [5.41, 5.74) is 0. The quantitative estimate of drug-likeness (QED) is 0.732. The Kier molecular flexibility index (Phi) is 6.44. The van der Waals surface area contributed by atoms with Crippen LogP contribution in [0.1, 0.15) is 33.6 Å². The van der Waals surface area contributed by atoms with E-state index in [2.05, 4.69) is 11.8 Å². The third-order valence-corrected chi connectivity index (χ3v) is 3.70. The minimum atomic E-state index is -2.82. The fourth-order valence-electron chi connectivity index (χ4n) is 1.99. The monoisotopic (exact) mass is 235 g/mol. The highest BCUT2D eigenvalue weighted by Crippen LogP contribution is 2.20. The van der Waals surface area contributed by atoms with Crippen molar-refractivity contribution in [2.45, 2.75) is 39.7 Å². The standard InChI is InChI=1S/C9H19NO2S.C2H6/c1-8-4-5-9(10(2)6-8)7-13(3,11)12;1-2/h8-9H,4-7H2,1-3H3;1-2H3. The van der Waals surface area contributed by atoms with Gasteiger partial charge in [-0.25, -0.2) is 8.42 Å². The molecular weight excluding hydrogens is 210 g/mol. The molecule has 1 fully saturated rings. The Morgan fingerprint density at radius 1 is 1.27 bits per heavy atom. The molecule has 4 heteroatoms. The highest BCUT2D eigenvalue weighted by atomic mass is 32.2. The van der Waals surface area contributed by atoms with Crippen LogP contribution in [0, 0.1) is 5.92 Å². The summed E-state index contributed by atoms with van der Waals surface area (Å²) in [4.78, 5) is 2.18. The summed E-state index contributed by atoms with van der Waals surface area (Å²) < 4.78 is 22.2. The summed E-state index contributed by atoms with van der Waals surface area (Å²) in [6, 6.07) is 0.242. The van der Waals surface area contributed by atoms with E-state index in [4.69, 9.17) is 0 Å². The van der Waals surface area contributed by atoms with Gasteiger partial charge in [0.05, 0.1) is 5.75 Å². The van der Waals surface area contributed by atoms with Crippen LogP contribution in [0.5, 0.6) is 0 Å². The van der Waals surface area contributed by atoms with Gasteiger partial charge in [0.15, 0.2) is 0 Å². The first-order chi connectivity index (χ1) is 6.88. The van der Waals surface area contributed by atoms with Crippen molar-refractivity contribution in [3.8, 4) is 0 Å². The first kappa shape index (κ1) is 14.9. The maximum atomic E-state index is 11.1. The number of hydrogen-bond donors (Lipinski definition) is 0. The number of sulfone groups is 1. The minimum Gasteiger partial charge on any atom is -0.302 e. The van der Waals surface area contributed by atoms with Crippen LogP contribution in [-0.2, 0) is 9.84 Å². The number of piperidine rings is 1. The maximum absolute atomic E-state index is 11.1. The van der Waals surface area contributed by atoms with Crippen molar-refractivity contribution in [1.82, 2.24) is 4.90 Å². The van der Waals surface area contributed by atoms with Gasteiger partial charge in [-0.2, -0.15) is 0 Å². The molecule has 1 aliphatic heterocycles. The Bertz CT molecular complexity index is 262. The van der Waals surface area contributed by atoms with E-state index >= 15 is 0 Å². The lowest BCUT2D eigenvalue weighted by atomic mass is 9.96. The van der Waals surface area contributed by atoms with Gasteiger partial charge in [0.2, 0.25) is 0 Å². The van der Waals surface area contributed by atoms with Crippen LogP contribution < -0.4 is 0 Å². The fourth-order valence-corrected chi connectivity index (χ4v) is 3.11. The molecule has 0 aromatic rings. The molecule has 0 aliphatic carbocycles. The molecule has 0 amide bonds. The summed E-state index contributed by atoms with van der Waals surface area (Å²) in [7, 11) is -0.796. The molecule has 0 spiro atoms. The SMILES string of the molecule is CC.CC1CCC(CS(C)(=O)=O)N(C)C1. The van der Waals surface area contributed by atoms with E-state index in [1.54, 1.807) is 0 Å². The second-order valence-electron chi connectivity index (χ2n) is 4.37. The zero-order valence-electron chi connectivity index (χ0n) is 10.7. The number of likely N-dealkylation sites (tertiary alicyclic amines) is 1. The number of rotatable bonds is 2. The van der Waals surface area contributed by atoms with Gasteiger partial charge in [-0.05, 0) is 25.8 Å². The molecule has 0 saturated carbocycles. The lowest BCUT2D eigenvalue weighted by Gasteiger charge is -2.35. The van der Waals surface area contributed by atoms with Gasteiger partial charge >= 0.3 is 0 Å². The van der Waals surface area contributed by atoms with Crippen molar-refractivity contribution in [2.75, 3.05) is 25.6 Å². The van der Waals surface area contributed by atoms with E-state index in [1.165, 1.54) is 6.26 Å². The van der Waals surface area contributed by atoms with Crippen molar-refractivity contribution in [1.29, 1.82) is 0 Å². The lowest BCUT2D eigenvalue weighted by Crippen LogP contribution is -2.43. The molecule has 0 aromatic heterocycles. The average molecular weight is 235 g/mol. The molecule has 1 heterocycles. The molecule has 0 radical (unpaired) electrons. The smallest absolute Gasteiger partial charge is 0.148 e. The predicted molar refractivity (Wildman–Crippen MR) is 65.9 cm³/mol. The van der Waals surface area contributed by atoms with E-state index < -0.39 is 9.84 Å². The second-order valence-corrected chi connectivity index (χ2v) is 6.55. The van der Waals surface area contributed by atoms with Crippen molar-refractivity contribution >= 4 is 9.84 Å². The maximum Gasteiger partial charge on any atom is 0.148 e. The van der Waals surface area contributed by atoms with Crippen LogP contribution >= 0.6 is 0 Å². The van der Waals surface area contributed by atoms with E-state index in [-0.39, 0.29) is 6.04 Å². The largest absolute Gasteiger partial charge is 0.302 e.